The molecular formula is C19H27FN2O. The summed E-state index contributed by atoms with van der Waals surface area (Å²) < 4.78 is 18.5. The Balaban J connectivity index is 1.41. The number of nitrogens with zero attached hydrogens (tertiary/aromatic N) is 2. The Labute approximate surface area is 138 Å². The first-order valence-electron chi connectivity index (χ1n) is 8.71. The zero-order valence-electron chi connectivity index (χ0n) is 14.0. The van der Waals surface area contributed by atoms with Gasteiger partial charge in [0, 0.05) is 25.7 Å². The van der Waals surface area contributed by atoms with Gasteiger partial charge in [-0.05, 0) is 50.6 Å². The number of morpholine rings is 1. The monoisotopic (exact) mass is 318 g/mol. The lowest BCUT2D eigenvalue weighted by Crippen LogP contribution is -2.50. The number of benzene rings is 1. The highest BCUT2D eigenvalue weighted by molar-refractivity contribution is 5.48. The molecule has 0 saturated carbocycles. The summed E-state index contributed by atoms with van der Waals surface area (Å²) in [5.74, 6) is -0.179. The molecule has 1 aromatic carbocycles. The number of ether oxygens (including phenoxy) is 1. The Bertz CT molecular complexity index is 509. The largest absolute Gasteiger partial charge is 0.376 e. The summed E-state index contributed by atoms with van der Waals surface area (Å²) in [5.41, 5.74) is 1.06. The van der Waals surface area contributed by atoms with Crippen LogP contribution in [0.2, 0.25) is 0 Å². The molecule has 2 heterocycles. The molecule has 2 saturated heterocycles. The summed E-state index contributed by atoms with van der Waals surface area (Å²) in [6.07, 6.45) is 7.13. The van der Waals surface area contributed by atoms with Gasteiger partial charge in [0.15, 0.2) is 0 Å². The van der Waals surface area contributed by atoms with Crippen LogP contribution < -0.4 is 0 Å². The number of rotatable bonds is 4. The van der Waals surface area contributed by atoms with Crippen molar-refractivity contribution in [1.82, 2.24) is 9.80 Å². The standard InChI is InChI=1S/C19H27FN2O/c1-16-15-22(13-14-23-16)19-8-11-21(12-9-19)10-2-3-17-4-6-18(20)7-5-17/h2-7,16,19H,8-15H2,1H3. The van der Waals surface area contributed by atoms with Crippen LogP contribution in [0.4, 0.5) is 4.39 Å². The molecule has 0 amide bonds. The quantitative estimate of drug-likeness (QED) is 0.849. The number of likely N-dealkylation sites (tertiary alicyclic amines) is 1. The van der Waals surface area contributed by atoms with Crippen LogP contribution in [0.5, 0.6) is 0 Å². The van der Waals surface area contributed by atoms with Crippen LogP contribution in [-0.2, 0) is 4.74 Å². The number of halogens is 1. The highest BCUT2D eigenvalue weighted by atomic mass is 19.1. The van der Waals surface area contributed by atoms with Crippen molar-refractivity contribution in [2.24, 2.45) is 0 Å². The maximum Gasteiger partial charge on any atom is 0.123 e. The van der Waals surface area contributed by atoms with Gasteiger partial charge in [0.05, 0.1) is 12.7 Å². The molecule has 23 heavy (non-hydrogen) atoms. The fourth-order valence-electron chi connectivity index (χ4n) is 3.56. The van der Waals surface area contributed by atoms with Gasteiger partial charge in [0.1, 0.15) is 5.82 Å². The van der Waals surface area contributed by atoms with Gasteiger partial charge in [-0.1, -0.05) is 24.3 Å². The summed E-state index contributed by atoms with van der Waals surface area (Å²) in [6, 6.07) is 7.37. The van der Waals surface area contributed by atoms with Gasteiger partial charge in [-0.3, -0.25) is 9.80 Å². The minimum atomic E-state index is -0.179. The van der Waals surface area contributed by atoms with Gasteiger partial charge in [-0.2, -0.15) is 0 Å². The first-order valence-corrected chi connectivity index (χ1v) is 8.71. The van der Waals surface area contributed by atoms with Gasteiger partial charge in [-0.15, -0.1) is 0 Å². The van der Waals surface area contributed by atoms with E-state index in [1.807, 2.05) is 12.1 Å². The summed E-state index contributed by atoms with van der Waals surface area (Å²) in [5, 5.41) is 0. The van der Waals surface area contributed by atoms with Crippen molar-refractivity contribution in [3.8, 4) is 0 Å². The fourth-order valence-corrected chi connectivity index (χ4v) is 3.56. The third-order valence-corrected chi connectivity index (χ3v) is 4.89. The van der Waals surface area contributed by atoms with Crippen molar-refractivity contribution in [1.29, 1.82) is 0 Å². The molecule has 3 nitrogen and oxygen atoms in total. The molecular weight excluding hydrogens is 291 g/mol. The molecule has 0 radical (unpaired) electrons. The second-order valence-electron chi connectivity index (χ2n) is 6.66. The minimum absolute atomic E-state index is 0.179. The molecule has 0 aliphatic carbocycles. The van der Waals surface area contributed by atoms with E-state index in [1.165, 1.54) is 25.0 Å². The van der Waals surface area contributed by atoms with Gasteiger partial charge in [-0.25, -0.2) is 4.39 Å². The number of hydrogen-bond donors (Lipinski definition) is 0. The Morgan fingerprint density at radius 2 is 1.91 bits per heavy atom. The van der Waals surface area contributed by atoms with Crippen molar-refractivity contribution in [2.45, 2.75) is 31.9 Å². The molecule has 1 atom stereocenters. The lowest BCUT2D eigenvalue weighted by molar-refractivity contribution is -0.0429. The Hall–Kier alpha value is -1.23. The molecule has 2 fully saturated rings. The maximum atomic E-state index is 12.9. The maximum absolute atomic E-state index is 12.9. The summed E-state index contributed by atoms with van der Waals surface area (Å²) in [6.45, 7) is 8.50. The second-order valence-corrected chi connectivity index (χ2v) is 6.66. The molecule has 1 unspecified atom stereocenters. The predicted molar refractivity (Wildman–Crippen MR) is 91.9 cm³/mol. The van der Waals surface area contributed by atoms with Gasteiger partial charge < -0.3 is 4.74 Å². The molecule has 126 valence electrons. The average Bonchev–Trinajstić information content (AvgIpc) is 2.57. The van der Waals surface area contributed by atoms with Gasteiger partial charge in [0.2, 0.25) is 0 Å². The average molecular weight is 318 g/mol. The zero-order chi connectivity index (χ0) is 16.1. The second kappa shape index (κ2) is 8.04. The van der Waals surface area contributed by atoms with Crippen LogP contribution in [0, 0.1) is 5.82 Å². The van der Waals surface area contributed by atoms with Crippen molar-refractivity contribution in [3.63, 3.8) is 0 Å². The topological polar surface area (TPSA) is 15.7 Å². The Morgan fingerprint density at radius 1 is 1.17 bits per heavy atom. The summed E-state index contributed by atoms with van der Waals surface area (Å²) in [4.78, 5) is 5.11. The molecule has 2 aliphatic rings. The van der Waals surface area contributed by atoms with Crippen molar-refractivity contribution in [2.75, 3.05) is 39.3 Å². The first-order chi connectivity index (χ1) is 11.2. The molecule has 2 aliphatic heterocycles. The van der Waals surface area contributed by atoms with E-state index in [-0.39, 0.29) is 5.82 Å². The van der Waals surface area contributed by atoms with E-state index < -0.39 is 0 Å². The lowest BCUT2D eigenvalue weighted by atomic mass is 10.0. The summed E-state index contributed by atoms with van der Waals surface area (Å²) in [7, 11) is 0. The van der Waals surface area contributed by atoms with E-state index in [0.29, 0.717) is 6.10 Å². The molecule has 4 heteroatoms. The molecule has 0 N–H and O–H groups in total. The van der Waals surface area contributed by atoms with Crippen molar-refractivity contribution >= 4 is 6.08 Å². The van der Waals surface area contributed by atoms with E-state index >= 15 is 0 Å². The fraction of sp³-hybridized carbons (Fsp3) is 0.579. The zero-order valence-corrected chi connectivity index (χ0v) is 14.0. The van der Waals surface area contributed by atoms with E-state index in [1.54, 1.807) is 0 Å². The van der Waals surface area contributed by atoms with Crippen molar-refractivity contribution in [3.05, 3.63) is 41.7 Å². The predicted octanol–water partition coefficient (Wildman–Crippen LogP) is 3.02. The third-order valence-electron chi connectivity index (χ3n) is 4.89. The smallest absolute Gasteiger partial charge is 0.123 e. The highest BCUT2D eigenvalue weighted by Gasteiger charge is 2.27. The van der Waals surface area contributed by atoms with E-state index in [2.05, 4.69) is 28.9 Å². The number of piperidine rings is 1. The SMILES string of the molecule is CC1CN(C2CCN(CC=Cc3ccc(F)cc3)CC2)CCO1. The molecule has 3 rings (SSSR count). The van der Waals surface area contributed by atoms with Crippen LogP contribution in [0.15, 0.2) is 30.3 Å². The Kier molecular flexibility index (Phi) is 5.81. The van der Waals surface area contributed by atoms with Crippen molar-refractivity contribution < 1.29 is 9.13 Å². The Morgan fingerprint density at radius 3 is 2.61 bits per heavy atom. The normalized spacial score (nSPS) is 25.2. The molecule has 0 bridgehead atoms. The highest BCUT2D eigenvalue weighted by Crippen LogP contribution is 2.19. The van der Waals surface area contributed by atoms with Crippen LogP contribution in [0.25, 0.3) is 6.08 Å². The first kappa shape index (κ1) is 16.6. The minimum Gasteiger partial charge on any atom is -0.376 e. The van der Waals surface area contributed by atoms with Crippen LogP contribution in [-0.4, -0.2) is 61.3 Å². The third kappa shape index (κ3) is 4.87. The van der Waals surface area contributed by atoms with Crippen LogP contribution >= 0.6 is 0 Å². The lowest BCUT2D eigenvalue weighted by Gasteiger charge is -2.41. The van der Waals surface area contributed by atoms with Gasteiger partial charge in [0.25, 0.3) is 0 Å². The van der Waals surface area contributed by atoms with Crippen LogP contribution in [0.1, 0.15) is 25.3 Å². The van der Waals surface area contributed by atoms with E-state index in [4.69, 9.17) is 4.74 Å². The summed E-state index contributed by atoms with van der Waals surface area (Å²) >= 11 is 0. The molecule has 0 spiro atoms. The van der Waals surface area contributed by atoms with E-state index in [9.17, 15) is 4.39 Å². The molecule has 1 aromatic rings. The van der Waals surface area contributed by atoms with Crippen LogP contribution in [0.3, 0.4) is 0 Å². The molecule has 0 aromatic heterocycles. The number of hydrogen-bond acceptors (Lipinski definition) is 3. The van der Waals surface area contributed by atoms with Gasteiger partial charge >= 0.3 is 0 Å². The van der Waals surface area contributed by atoms with E-state index in [0.717, 1.165) is 50.9 Å².